The van der Waals surface area contributed by atoms with E-state index in [0.717, 1.165) is 16.7 Å². The van der Waals surface area contributed by atoms with Crippen molar-refractivity contribution < 1.29 is 14.3 Å². The summed E-state index contributed by atoms with van der Waals surface area (Å²) in [5.41, 5.74) is 4.99. The highest BCUT2D eigenvalue weighted by atomic mass is 16.5. The Hall–Kier alpha value is -4.00. The van der Waals surface area contributed by atoms with Gasteiger partial charge < -0.3 is 10.1 Å². The largest absolute Gasteiger partial charge is 0.488 e. The molecule has 152 valence electrons. The third-order valence-corrected chi connectivity index (χ3v) is 4.08. The fourth-order valence-corrected chi connectivity index (χ4v) is 2.58. The van der Waals surface area contributed by atoms with Crippen molar-refractivity contribution >= 4 is 18.0 Å². The SMILES string of the molecule is O=C(CC(=O)N/N=C\c1ccccc1OCc1ccccc1)NCc1cccnc1. The summed E-state index contributed by atoms with van der Waals surface area (Å²) in [5.74, 6) is -0.246. The molecule has 0 unspecified atom stereocenters. The lowest BCUT2D eigenvalue weighted by molar-refractivity contribution is -0.129. The predicted octanol–water partition coefficient (Wildman–Crippen LogP) is 2.82. The van der Waals surface area contributed by atoms with E-state index < -0.39 is 11.8 Å². The van der Waals surface area contributed by atoms with Crippen molar-refractivity contribution in [1.82, 2.24) is 15.7 Å². The normalized spacial score (nSPS) is 10.5. The molecule has 2 aromatic carbocycles. The number of amides is 2. The van der Waals surface area contributed by atoms with Crippen LogP contribution in [0.15, 0.2) is 84.2 Å². The zero-order valence-electron chi connectivity index (χ0n) is 16.3. The molecule has 0 aliphatic rings. The first-order valence-corrected chi connectivity index (χ1v) is 9.44. The Labute approximate surface area is 174 Å². The monoisotopic (exact) mass is 402 g/mol. The number of pyridine rings is 1. The number of aromatic nitrogens is 1. The van der Waals surface area contributed by atoms with Gasteiger partial charge in [0.1, 0.15) is 18.8 Å². The molecule has 3 rings (SSSR count). The summed E-state index contributed by atoms with van der Waals surface area (Å²) >= 11 is 0. The second-order valence-corrected chi connectivity index (χ2v) is 6.42. The fraction of sp³-hybridized carbons (Fsp3) is 0.130. The van der Waals surface area contributed by atoms with Gasteiger partial charge in [-0.1, -0.05) is 48.5 Å². The molecule has 7 heteroatoms. The standard InChI is InChI=1S/C23H22N4O3/c28-22(25-15-19-9-6-12-24-14-19)13-23(29)27-26-16-20-10-4-5-11-21(20)30-17-18-7-2-1-3-8-18/h1-12,14,16H,13,15,17H2,(H,25,28)(H,27,29)/b26-16-. The maximum atomic E-state index is 11.9. The molecule has 0 atom stereocenters. The first-order valence-electron chi connectivity index (χ1n) is 9.44. The summed E-state index contributed by atoms with van der Waals surface area (Å²) in [6, 6.07) is 20.8. The molecule has 0 saturated carbocycles. The zero-order chi connectivity index (χ0) is 21.0. The fourth-order valence-electron chi connectivity index (χ4n) is 2.58. The van der Waals surface area contributed by atoms with Crippen molar-refractivity contribution in [3.05, 3.63) is 95.8 Å². The van der Waals surface area contributed by atoms with Crippen LogP contribution in [0.2, 0.25) is 0 Å². The van der Waals surface area contributed by atoms with Crippen LogP contribution in [-0.4, -0.2) is 23.0 Å². The molecule has 30 heavy (non-hydrogen) atoms. The maximum Gasteiger partial charge on any atom is 0.249 e. The molecule has 0 bridgehead atoms. The molecule has 1 aromatic heterocycles. The Bertz CT molecular complexity index is 992. The second kappa shape index (κ2) is 11.1. The second-order valence-electron chi connectivity index (χ2n) is 6.42. The number of nitrogens with zero attached hydrogens (tertiary/aromatic N) is 2. The summed E-state index contributed by atoms with van der Waals surface area (Å²) in [5, 5.41) is 6.60. The van der Waals surface area contributed by atoms with Crippen molar-refractivity contribution in [3.63, 3.8) is 0 Å². The minimum atomic E-state index is -0.502. The summed E-state index contributed by atoms with van der Waals surface area (Å²) < 4.78 is 5.85. The van der Waals surface area contributed by atoms with Gasteiger partial charge in [0, 0.05) is 24.5 Å². The van der Waals surface area contributed by atoms with Gasteiger partial charge in [-0.2, -0.15) is 5.10 Å². The van der Waals surface area contributed by atoms with E-state index in [9.17, 15) is 9.59 Å². The van der Waals surface area contributed by atoms with Crippen LogP contribution in [0.25, 0.3) is 0 Å². The van der Waals surface area contributed by atoms with Gasteiger partial charge >= 0.3 is 0 Å². The average molecular weight is 402 g/mol. The minimum absolute atomic E-state index is 0.315. The highest BCUT2D eigenvalue weighted by Crippen LogP contribution is 2.17. The van der Waals surface area contributed by atoms with E-state index in [2.05, 4.69) is 20.8 Å². The molecule has 3 aromatic rings. The summed E-state index contributed by atoms with van der Waals surface area (Å²) in [6.07, 6.45) is 4.49. The Morgan fingerprint density at radius 3 is 2.50 bits per heavy atom. The molecule has 7 nitrogen and oxygen atoms in total. The van der Waals surface area contributed by atoms with Crippen LogP contribution in [0.5, 0.6) is 5.75 Å². The molecule has 0 spiro atoms. The van der Waals surface area contributed by atoms with Gasteiger partial charge in [0.05, 0.1) is 6.21 Å². The molecule has 2 amide bonds. The predicted molar refractivity (Wildman–Crippen MR) is 114 cm³/mol. The maximum absolute atomic E-state index is 11.9. The first kappa shape index (κ1) is 20.7. The number of hydrogen-bond donors (Lipinski definition) is 2. The van der Waals surface area contributed by atoms with Gasteiger partial charge in [-0.25, -0.2) is 5.43 Å². The van der Waals surface area contributed by atoms with E-state index in [4.69, 9.17) is 4.74 Å². The van der Waals surface area contributed by atoms with Gasteiger partial charge in [0.15, 0.2) is 0 Å². The molecule has 1 heterocycles. The number of hydrogen-bond acceptors (Lipinski definition) is 5. The molecule has 0 radical (unpaired) electrons. The smallest absolute Gasteiger partial charge is 0.249 e. The van der Waals surface area contributed by atoms with Crippen molar-refractivity contribution in [2.45, 2.75) is 19.6 Å². The Balaban J connectivity index is 1.46. The summed E-state index contributed by atoms with van der Waals surface area (Å²) in [7, 11) is 0. The van der Waals surface area contributed by atoms with E-state index in [1.165, 1.54) is 6.21 Å². The van der Waals surface area contributed by atoms with E-state index in [0.29, 0.717) is 18.9 Å². The van der Waals surface area contributed by atoms with Crippen LogP contribution in [-0.2, 0) is 22.7 Å². The molecule has 0 aliphatic heterocycles. The van der Waals surface area contributed by atoms with Crippen molar-refractivity contribution in [1.29, 1.82) is 0 Å². The molecule has 0 aliphatic carbocycles. The van der Waals surface area contributed by atoms with Gasteiger partial charge in [-0.15, -0.1) is 0 Å². The summed E-state index contributed by atoms with van der Waals surface area (Å²) in [4.78, 5) is 27.8. The molecular weight excluding hydrogens is 380 g/mol. The first-order chi connectivity index (χ1) is 14.7. The van der Waals surface area contributed by atoms with Crippen molar-refractivity contribution in [3.8, 4) is 5.75 Å². The third kappa shape index (κ3) is 6.87. The van der Waals surface area contributed by atoms with Crippen LogP contribution in [0.1, 0.15) is 23.1 Å². The van der Waals surface area contributed by atoms with E-state index in [1.807, 2.05) is 60.7 Å². The van der Waals surface area contributed by atoms with Crippen LogP contribution < -0.4 is 15.5 Å². The van der Waals surface area contributed by atoms with Crippen molar-refractivity contribution in [2.24, 2.45) is 5.10 Å². The number of nitrogens with one attached hydrogen (secondary N) is 2. The average Bonchev–Trinajstić information content (AvgIpc) is 2.78. The zero-order valence-corrected chi connectivity index (χ0v) is 16.3. The molecule has 0 fully saturated rings. The number of carbonyl (C=O) groups excluding carboxylic acids is 2. The number of benzene rings is 2. The molecule has 0 saturated heterocycles. The quantitative estimate of drug-likeness (QED) is 0.327. The van der Waals surface area contributed by atoms with Crippen LogP contribution >= 0.6 is 0 Å². The van der Waals surface area contributed by atoms with Crippen molar-refractivity contribution in [2.75, 3.05) is 0 Å². The van der Waals surface area contributed by atoms with Gasteiger partial charge in [0.2, 0.25) is 11.8 Å². The Morgan fingerprint density at radius 1 is 0.933 bits per heavy atom. The van der Waals surface area contributed by atoms with Gasteiger partial charge in [0.25, 0.3) is 0 Å². The number of hydrazone groups is 1. The van der Waals surface area contributed by atoms with Crippen LogP contribution in [0, 0.1) is 0 Å². The lowest BCUT2D eigenvalue weighted by Crippen LogP contribution is -2.29. The summed E-state index contributed by atoms with van der Waals surface area (Å²) in [6.45, 7) is 0.741. The van der Waals surface area contributed by atoms with Gasteiger partial charge in [-0.05, 0) is 29.3 Å². The number of rotatable bonds is 9. The van der Waals surface area contributed by atoms with E-state index in [1.54, 1.807) is 18.5 Å². The number of ether oxygens (including phenoxy) is 1. The minimum Gasteiger partial charge on any atom is -0.488 e. The lowest BCUT2D eigenvalue weighted by Gasteiger charge is -2.09. The Morgan fingerprint density at radius 2 is 1.70 bits per heavy atom. The topological polar surface area (TPSA) is 92.7 Å². The van der Waals surface area contributed by atoms with Crippen LogP contribution in [0.4, 0.5) is 0 Å². The number of carbonyl (C=O) groups is 2. The van der Waals surface area contributed by atoms with Gasteiger partial charge in [-0.3, -0.25) is 14.6 Å². The van der Waals surface area contributed by atoms with E-state index >= 15 is 0 Å². The highest BCUT2D eigenvalue weighted by Gasteiger charge is 2.08. The third-order valence-electron chi connectivity index (χ3n) is 4.08. The Kier molecular flexibility index (Phi) is 7.68. The lowest BCUT2D eigenvalue weighted by atomic mass is 10.2. The molecule has 2 N–H and O–H groups in total. The van der Waals surface area contributed by atoms with E-state index in [-0.39, 0.29) is 6.42 Å². The molecular formula is C23H22N4O3. The van der Waals surface area contributed by atoms with Crippen LogP contribution in [0.3, 0.4) is 0 Å². The highest BCUT2D eigenvalue weighted by molar-refractivity contribution is 5.97. The number of para-hydroxylation sites is 1.